The SMILES string of the molecule is CCCCCCCCCCCCCCCCCC(=O)OCCOCCOCCOCCOCCOCCOCCOCCOCCOCCOCCOCCC(=O)OCC. The van der Waals surface area contributed by atoms with E-state index in [1.807, 2.05) is 0 Å². The van der Waals surface area contributed by atoms with Crippen LogP contribution >= 0.6 is 0 Å². The first-order valence-electron chi connectivity index (χ1n) is 23.4. The van der Waals surface area contributed by atoms with Crippen LogP contribution in [0.4, 0.5) is 0 Å². The molecule has 0 rings (SSSR count). The van der Waals surface area contributed by atoms with Gasteiger partial charge in [-0.15, -0.1) is 0 Å². The van der Waals surface area contributed by atoms with E-state index in [0.717, 1.165) is 12.8 Å². The Hall–Kier alpha value is -1.50. The molecule has 0 aliphatic carbocycles. The molecule has 0 saturated carbocycles. The van der Waals surface area contributed by atoms with E-state index in [9.17, 15) is 9.59 Å². The molecule has 0 saturated heterocycles. The Morgan fingerprint density at radius 3 is 0.767 bits per heavy atom. The van der Waals surface area contributed by atoms with Crippen molar-refractivity contribution in [3.8, 4) is 0 Å². The quantitative estimate of drug-likeness (QED) is 0.0458. The van der Waals surface area contributed by atoms with Crippen LogP contribution in [0.3, 0.4) is 0 Å². The number of hydrogen-bond acceptors (Lipinski definition) is 15. The van der Waals surface area contributed by atoms with Crippen molar-refractivity contribution in [2.75, 3.05) is 159 Å². The molecule has 60 heavy (non-hydrogen) atoms. The van der Waals surface area contributed by atoms with Crippen molar-refractivity contribution < 1.29 is 71.2 Å². The summed E-state index contributed by atoms with van der Waals surface area (Å²) in [5.41, 5.74) is 0. The number of esters is 2. The topological polar surface area (TPSA) is 154 Å². The molecule has 0 fully saturated rings. The van der Waals surface area contributed by atoms with E-state index in [2.05, 4.69) is 6.92 Å². The maximum atomic E-state index is 11.9. The maximum Gasteiger partial charge on any atom is 0.308 e. The molecular formula is C45H88O15. The van der Waals surface area contributed by atoms with Crippen molar-refractivity contribution in [2.24, 2.45) is 0 Å². The first kappa shape index (κ1) is 58.5. The summed E-state index contributed by atoms with van der Waals surface area (Å²) in [4.78, 5) is 23.1. The maximum absolute atomic E-state index is 11.9. The Balaban J connectivity index is 3.13. The highest BCUT2D eigenvalue weighted by molar-refractivity contribution is 5.69. The average Bonchev–Trinajstić information content (AvgIpc) is 3.25. The second kappa shape index (κ2) is 53.6. The van der Waals surface area contributed by atoms with Gasteiger partial charge >= 0.3 is 11.9 Å². The van der Waals surface area contributed by atoms with Crippen molar-refractivity contribution in [3.63, 3.8) is 0 Å². The van der Waals surface area contributed by atoms with Gasteiger partial charge in [0.1, 0.15) is 6.61 Å². The third-order valence-electron chi connectivity index (χ3n) is 8.95. The second-order valence-corrected chi connectivity index (χ2v) is 14.2. The Bertz CT molecular complexity index is 839. The van der Waals surface area contributed by atoms with Crippen molar-refractivity contribution in [1.82, 2.24) is 0 Å². The summed E-state index contributed by atoms with van der Waals surface area (Å²) in [7, 11) is 0. The fourth-order valence-electron chi connectivity index (χ4n) is 5.62. The Morgan fingerprint density at radius 1 is 0.250 bits per heavy atom. The molecule has 0 aromatic carbocycles. The molecule has 0 N–H and O–H groups in total. The van der Waals surface area contributed by atoms with Gasteiger partial charge in [-0.25, -0.2) is 0 Å². The highest BCUT2D eigenvalue weighted by Gasteiger charge is 2.04. The second-order valence-electron chi connectivity index (χ2n) is 14.2. The van der Waals surface area contributed by atoms with Gasteiger partial charge in [0.2, 0.25) is 0 Å². The van der Waals surface area contributed by atoms with Gasteiger partial charge in [0.15, 0.2) is 0 Å². The van der Waals surface area contributed by atoms with Crippen LogP contribution in [0.25, 0.3) is 0 Å². The number of carbonyl (C=O) groups is 2. The molecule has 0 unspecified atom stereocenters. The number of unbranched alkanes of at least 4 members (excludes halogenated alkanes) is 14. The summed E-state index contributed by atoms with van der Waals surface area (Å²) in [6, 6.07) is 0. The molecule has 15 heteroatoms. The largest absolute Gasteiger partial charge is 0.466 e. The molecule has 0 aliphatic heterocycles. The Kier molecular flexibility index (Phi) is 52.3. The van der Waals surface area contributed by atoms with Crippen LogP contribution in [0.15, 0.2) is 0 Å². The van der Waals surface area contributed by atoms with Gasteiger partial charge in [0.25, 0.3) is 0 Å². The van der Waals surface area contributed by atoms with Crippen molar-refractivity contribution in [3.05, 3.63) is 0 Å². The minimum absolute atomic E-state index is 0.134. The third-order valence-corrected chi connectivity index (χ3v) is 8.95. The highest BCUT2D eigenvalue weighted by atomic mass is 16.6. The van der Waals surface area contributed by atoms with E-state index in [4.69, 9.17) is 61.6 Å². The molecule has 0 atom stereocenters. The standard InChI is InChI=1S/C45H88O15/c1-3-5-6-7-8-9-10-11-12-13-14-15-16-17-18-19-44(46)60-43-42-58-41-40-57-39-38-56-37-36-55-35-34-54-33-32-53-31-30-52-29-28-51-27-26-50-25-24-49-23-22-48-21-20-45(47)59-4-2/h3-43H2,1-2H3. The summed E-state index contributed by atoms with van der Waals surface area (Å²) in [5, 5.41) is 0. The zero-order valence-electron chi connectivity index (χ0n) is 38.1. The van der Waals surface area contributed by atoms with Crippen LogP contribution in [0.2, 0.25) is 0 Å². The molecule has 0 spiro atoms. The Morgan fingerprint density at radius 2 is 0.483 bits per heavy atom. The van der Waals surface area contributed by atoms with Crippen LogP contribution < -0.4 is 0 Å². The molecule has 0 bridgehead atoms. The van der Waals surface area contributed by atoms with Crippen LogP contribution in [0.1, 0.15) is 123 Å². The summed E-state index contributed by atoms with van der Waals surface area (Å²) < 4.78 is 70.2. The first-order chi connectivity index (χ1) is 29.7. The van der Waals surface area contributed by atoms with Gasteiger partial charge in [-0.2, -0.15) is 0 Å². The predicted molar refractivity (Wildman–Crippen MR) is 231 cm³/mol. The summed E-state index contributed by atoms with van der Waals surface area (Å²) in [6.45, 7) is 15.0. The van der Waals surface area contributed by atoms with Crippen LogP contribution in [0.5, 0.6) is 0 Å². The number of ether oxygens (including phenoxy) is 13. The molecular weight excluding hydrogens is 780 g/mol. The van der Waals surface area contributed by atoms with Crippen LogP contribution in [-0.2, 0) is 71.2 Å². The van der Waals surface area contributed by atoms with E-state index in [1.54, 1.807) is 6.92 Å². The van der Waals surface area contributed by atoms with Crippen LogP contribution in [0, 0.1) is 0 Å². The zero-order chi connectivity index (χ0) is 43.3. The minimum atomic E-state index is -0.253. The van der Waals surface area contributed by atoms with Crippen molar-refractivity contribution >= 4 is 11.9 Å². The summed E-state index contributed by atoms with van der Waals surface area (Å²) >= 11 is 0. The lowest BCUT2D eigenvalue weighted by Crippen LogP contribution is -2.15. The average molecular weight is 869 g/mol. The van der Waals surface area contributed by atoms with Gasteiger partial charge in [-0.05, 0) is 13.3 Å². The summed E-state index contributed by atoms with van der Waals surface area (Å²) in [6.07, 6.45) is 20.4. The molecule has 0 aromatic heterocycles. The summed E-state index contributed by atoms with van der Waals surface area (Å²) in [5.74, 6) is -0.387. The van der Waals surface area contributed by atoms with Gasteiger partial charge < -0.3 is 61.6 Å². The van der Waals surface area contributed by atoms with Gasteiger partial charge in [-0.3, -0.25) is 9.59 Å². The molecule has 0 aliphatic rings. The molecule has 0 heterocycles. The van der Waals surface area contributed by atoms with E-state index in [1.165, 1.54) is 83.5 Å². The number of hydrogen-bond donors (Lipinski definition) is 0. The fraction of sp³-hybridized carbons (Fsp3) is 0.956. The number of carbonyl (C=O) groups excluding carboxylic acids is 2. The molecule has 358 valence electrons. The zero-order valence-corrected chi connectivity index (χ0v) is 38.1. The van der Waals surface area contributed by atoms with Crippen LogP contribution in [-0.4, -0.2) is 171 Å². The number of rotatable bonds is 53. The fourth-order valence-corrected chi connectivity index (χ4v) is 5.62. The first-order valence-corrected chi connectivity index (χ1v) is 23.4. The van der Waals surface area contributed by atoms with E-state index in [0.29, 0.717) is 158 Å². The third kappa shape index (κ3) is 52.6. The molecule has 0 aromatic rings. The van der Waals surface area contributed by atoms with E-state index in [-0.39, 0.29) is 25.0 Å². The van der Waals surface area contributed by atoms with Crippen molar-refractivity contribution in [1.29, 1.82) is 0 Å². The predicted octanol–water partition coefficient (Wildman–Crippen LogP) is 6.93. The Labute approximate surface area is 364 Å². The van der Waals surface area contributed by atoms with E-state index >= 15 is 0 Å². The molecule has 15 nitrogen and oxygen atoms in total. The minimum Gasteiger partial charge on any atom is -0.466 e. The lowest BCUT2D eigenvalue weighted by atomic mass is 10.0. The van der Waals surface area contributed by atoms with Crippen molar-refractivity contribution in [2.45, 2.75) is 123 Å². The van der Waals surface area contributed by atoms with Gasteiger partial charge in [-0.1, -0.05) is 96.8 Å². The van der Waals surface area contributed by atoms with Gasteiger partial charge in [0.05, 0.1) is 158 Å². The van der Waals surface area contributed by atoms with Gasteiger partial charge in [0, 0.05) is 6.42 Å². The van der Waals surface area contributed by atoms with E-state index < -0.39 is 0 Å². The monoisotopic (exact) mass is 869 g/mol. The highest BCUT2D eigenvalue weighted by Crippen LogP contribution is 2.14. The molecule has 0 radical (unpaired) electrons. The normalized spacial score (nSPS) is 11.4. The lowest BCUT2D eigenvalue weighted by molar-refractivity contribution is -0.146. The smallest absolute Gasteiger partial charge is 0.308 e. The lowest BCUT2D eigenvalue weighted by Gasteiger charge is -2.09. The molecule has 0 amide bonds.